The fraction of sp³-hybridized carbons (Fsp3) is 1.00. The van der Waals surface area contributed by atoms with Crippen LogP contribution in [0.15, 0.2) is 0 Å². The molecule has 90 valence electrons. The highest BCUT2D eigenvalue weighted by molar-refractivity contribution is 9.09. The molecule has 0 heterocycles. The van der Waals surface area contributed by atoms with E-state index in [1.165, 1.54) is 32.1 Å². The molecule has 0 N–H and O–H groups in total. The Hall–Kier alpha value is 0.440. The van der Waals surface area contributed by atoms with E-state index in [-0.39, 0.29) is 5.41 Å². The second-order valence-electron chi connectivity index (χ2n) is 5.67. The Labute approximate surface area is 103 Å². The number of rotatable bonds is 5. The van der Waals surface area contributed by atoms with E-state index < -0.39 is 0 Å². The predicted octanol–water partition coefficient (Wildman–Crippen LogP) is 4.39. The monoisotopic (exact) mass is 276 g/mol. The third-order valence-electron chi connectivity index (χ3n) is 3.38. The van der Waals surface area contributed by atoms with Gasteiger partial charge in [0.1, 0.15) is 0 Å². The van der Waals surface area contributed by atoms with Crippen molar-refractivity contribution in [3.05, 3.63) is 0 Å². The first-order valence-corrected chi connectivity index (χ1v) is 7.37. The Morgan fingerprint density at radius 2 is 2.07 bits per heavy atom. The lowest BCUT2D eigenvalue weighted by atomic mass is 9.85. The fourth-order valence-corrected chi connectivity index (χ4v) is 2.31. The van der Waals surface area contributed by atoms with Crippen molar-refractivity contribution in [3.63, 3.8) is 0 Å². The summed E-state index contributed by atoms with van der Waals surface area (Å²) in [6, 6.07) is 0. The van der Waals surface area contributed by atoms with Crippen LogP contribution in [0, 0.1) is 11.3 Å². The van der Waals surface area contributed by atoms with Crippen molar-refractivity contribution in [2.75, 3.05) is 11.9 Å². The van der Waals surface area contributed by atoms with Crippen molar-refractivity contribution < 1.29 is 4.74 Å². The first-order chi connectivity index (χ1) is 7.07. The maximum absolute atomic E-state index is 6.04. The minimum Gasteiger partial charge on any atom is -0.378 e. The molecule has 2 atom stereocenters. The van der Waals surface area contributed by atoms with Gasteiger partial charge in [-0.15, -0.1) is 0 Å². The standard InChI is InChI=1S/C13H25BrO/c1-4-11-6-5-7-12(8-11)15-10-13(2,3)9-14/h11-12H,4-10H2,1-3H3. The lowest BCUT2D eigenvalue weighted by molar-refractivity contribution is -0.0198. The lowest BCUT2D eigenvalue weighted by Crippen LogP contribution is -2.29. The second-order valence-corrected chi connectivity index (χ2v) is 6.23. The van der Waals surface area contributed by atoms with Crippen molar-refractivity contribution in [1.82, 2.24) is 0 Å². The average Bonchev–Trinajstić information content (AvgIpc) is 2.27. The van der Waals surface area contributed by atoms with Crippen LogP contribution in [-0.4, -0.2) is 18.0 Å². The number of ether oxygens (including phenoxy) is 1. The summed E-state index contributed by atoms with van der Waals surface area (Å²) in [6.45, 7) is 7.69. The van der Waals surface area contributed by atoms with Gasteiger partial charge in [-0.3, -0.25) is 0 Å². The molecular weight excluding hydrogens is 252 g/mol. The molecule has 0 aromatic heterocycles. The minimum atomic E-state index is 0.277. The molecule has 1 rings (SSSR count). The van der Waals surface area contributed by atoms with E-state index in [1.54, 1.807) is 0 Å². The second kappa shape index (κ2) is 6.24. The quantitative estimate of drug-likeness (QED) is 0.677. The van der Waals surface area contributed by atoms with Gasteiger partial charge in [-0.25, -0.2) is 0 Å². The van der Waals surface area contributed by atoms with Crippen LogP contribution < -0.4 is 0 Å². The minimum absolute atomic E-state index is 0.277. The Morgan fingerprint density at radius 3 is 2.67 bits per heavy atom. The van der Waals surface area contributed by atoms with Gasteiger partial charge in [-0.2, -0.15) is 0 Å². The molecule has 0 amide bonds. The smallest absolute Gasteiger partial charge is 0.0578 e. The summed E-state index contributed by atoms with van der Waals surface area (Å²) < 4.78 is 6.04. The predicted molar refractivity (Wildman–Crippen MR) is 69.6 cm³/mol. The lowest BCUT2D eigenvalue weighted by Gasteiger charge is -2.31. The van der Waals surface area contributed by atoms with E-state index in [0.717, 1.165) is 17.9 Å². The molecule has 0 spiro atoms. The molecule has 0 radical (unpaired) electrons. The van der Waals surface area contributed by atoms with Crippen molar-refractivity contribution in [2.24, 2.45) is 11.3 Å². The molecule has 1 saturated carbocycles. The van der Waals surface area contributed by atoms with E-state index >= 15 is 0 Å². The van der Waals surface area contributed by atoms with E-state index in [2.05, 4.69) is 36.7 Å². The van der Waals surface area contributed by atoms with Gasteiger partial charge >= 0.3 is 0 Å². The van der Waals surface area contributed by atoms with Crippen LogP contribution in [0.5, 0.6) is 0 Å². The molecule has 0 aromatic rings. The van der Waals surface area contributed by atoms with Crippen molar-refractivity contribution in [2.45, 2.75) is 59.0 Å². The Morgan fingerprint density at radius 1 is 1.33 bits per heavy atom. The summed E-state index contributed by atoms with van der Waals surface area (Å²) in [7, 11) is 0. The normalized spacial score (nSPS) is 28.0. The molecule has 0 bridgehead atoms. The first kappa shape index (κ1) is 13.5. The molecular formula is C13H25BrO. The van der Waals surface area contributed by atoms with Crippen LogP contribution in [0.25, 0.3) is 0 Å². The summed E-state index contributed by atoms with van der Waals surface area (Å²) >= 11 is 3.54. The van der Waals surface area contributed by atoms with Gasteiger partial charge in [0.05, 0.1) is 12.7 Å². The Balaban J connectivity index is 2.26. The molecule has 2 heteroatoms. The van der Waals surface area contributed by atoms with E-state index in [4.69, 9.17) is 4.74 Å². The summed E-state index contributed by atoms with van der Waals surface area (Å²) in [5, 5.41) is 1.02. The highest BCUT2D eigenvalue weighted by Gasteiger charge is 2.24. The Kier molecular flexibility index (Phi) is 5.62. The van der Waals surface area contributed by atoms with Gasteiger partial charge in [0.25, 0.3) is 0 Å². The van der Waals surface area contributed by atoms with Crippen LogP contribution in [0.3, 0.4) is 0 Å². The highest BCUT2D eigenvalue weighted by Crippen LogP contribution is 2.30. The molecule has 2 unspecified atom stereocenters. The summed E-state index contributed by atoms with van der Waals surface area (Å²) in [5.41, 5.74) is 0.277. The topological polar surface area (TPSA) is 9.23 Å². The van der Waals surface area contributed by atoms with E-state index in [1.807, 2.05) is 0 Å². The molecule has 1 aliphatic carbocycles. The van der Waals surface area contributed by atoms with Gasteiger partial charge in [0.2, 0.25) is 0 Å². The van der Waals surface area contributed by atoms with Crippen LogP contribution in [0.1, 0.15) is 52.9 Å². The zero-order valence-electron chi connectivity index (χ0n) is 10.4. The van der Waals surface area contributed by atoms with Gasteiger partial charge in [-0.1, -0.05) is 56.0 Å². The maximum atomic E-state index is 6.04. The largest absolute Gasteiger partial charge is 0.378 e. The summed E-state index contributed by atoms with van der Waals surface area (Å²) in [6.07, 6.45) is 7.18. The van der Waals surface area contributed by atoms with Gasteiger partial charge in [0, 0.05) is 5.33 Å². The Bertz CT molecular complexity index is 179. The van der Waals surface area contributed by atoms with Gasteiger partial charge in [-0.05, 0) is 24.2 Å². The van der Waals surface area contributed by atoms with Crippen LogP contribution in [0.4, 0.5) is 0 Å². The van der Waals surface area contributed by atoms with Crippen molar-refractivity contribution >= 4 is 15.9 Å². The zero-order chi connectivity index (χ0) is 11.3. The SMILES string of the molecule is CCC1CCCC(OCC(C)(C)CBr)C1. The molecule has 15 heavy (non-hydrogen) atoms. The number of hydrogen-bond donors (Lipinski definition) is 0. The average molecular weight is 277 g/mol. The van der Waals surface area contributed by atoms with Gasteiger partial charge in [0.15, 0.2) is 0 Å². The highest BCUT2D eigenvalue weighted by atomic mass is 79.9. The summed E-state index contributed by atoms with van der Waals surface area (Å²) in [4.78, 5) is 0. The molecule has 0 saturated heterocycles. The number of alkyl halides is 1. The van der Waals surface area contributed by atoms with Crippen LogP contribution >= 0.6 is 15.9 Å². The third-order valence-corrected chi connectivity index (χ3v) is 4.90. The molecule has 1 nitrogen and oxygen atoms in total. The zero-order valence-corrected chi connectivity index (χ0v) is 12.0. The van der Waals surface area contributed by atoms with Crippen LogP contribution in [0.2, 0.25) is 0 Å². The maximum Gasteiger partial charge on any atom is 0.0578 e. The summed E-state index contributed by atoms with van der Waals surface area (Å²) in [5.74, 6) is 0.913. The fourth-order valence-electron chi connectivity index (χ4n) is 2.15. The first-order valence-electron chi connectivity index (χ1n) is 6.25. The van der Waals surface area contributed by atoms with Crippen molar-refractivity contribution in [1.29, 1.82) is 0 Å². The molecule has 1 aliphatic rings. The van der Waals surface area contributed by atoms with Crippen molar-refractivity contribution in [3.8, 4) is 0 Å². The van der Waals surface area contributed by atoms with E-state index in [9.17, 15) is 0 Å². The van der Waals surface area contributed by atoms with Crippen LogP contribution in [-0.2, 0) is 4.74 Å². The third kappa shape index (κ3) is 4.86. The molecule has 0 aromatic carbocycles. The van der Waals surface area contributed by atoms with E-state index in [0.29, 0.717) is 6.10 Å². The number of hydrogen-bond acceptors (Lipinski definition) is 1. The number of halogens is 1. The molecule has 0 aliphatic heterocycles. The molecule has 1 fully saturated rings. The van der Waals surface area contributed by atoms with Gasteiger partial charge < -0.3 is 4.74 Å².